The third-order valence-corrected chi connectivity index (χ3v) is 5.03. The molecule has 110 valence electrons. The lowest BCUT2D eigenvalue weighted by atomic mass is 9.93. The molecule has 1 aliphatic carbocycles. The van der Waals surface area contributed by atoms with Gasteiger partial charge in [-0.1, -0.05) is 19.3 Å². The van der Waals surface area contributed by atoms with Crippen LogP contribution in [0.25, 0.3) is 0 Å². The highest BCUT2D eigenvalue weighted by Crippen LogP contribution is 2.28. The van der Waals surface area contributed by atoms with Crippen LogP contribution in [0, 0.1) is 5.92 Å². The largest absolute Gasteiger partial charge is 0.481 e. The molecule has 0 spiro atoms. The third kappa shape index (κ3) is 3.69. The lowest BCUT2D eigenvalue weighted by Crippen LogP contribution is -2.46. The molecule has 1 saturated heterocycles. The fraction of sp³-hybridized carbons (Fsp3) is 0.933. The molecule has 1 aliphatic heterocycles. The Bertz CT molecular complexity index is 309. The molecule has 1 saturated carbocycles. The highest BCUT2D eigenvalue weighted by atomic mass is 16.4. The van der Waals surface area contributed by atoms with Crippen molar-refractivity contribution in [2.45, 2.75) is 57.0 Å². The van der Waals surface area contributed by atoms with Gasteiger partial charge in [-0.2, -0.15) is 0 Å². The molecule has 1 heterocycles. The fourth-order valence-corrected chi connectivity index (χ4v) is 3.78. The van der Waals surface area contributed by atoms with E-state index < -0.39 is 5.97 Å². The van der Waals surface area contributed by atoms with Crippen molar-refractivity contribution in [2.75, 3.05) is 27.2 Å². The average Bonchev–Trinajstić information content (AvgIpc) is 2.66. The van der Waals surface area contributed by atoms with E-state index in [4.69, 9.17) is 0 Å². The molecule has 3 unspecified atom stereocenters. The van der Waals surface area contributed by atoms with E-state index in [1.165, 1.54) is 32.2 Å². The van der Waals surface area contributed by atoms with Crippen LogP contribution in [0.1, 0.15) is 44.9 Å². The standard InChI is InChI=1S/C15H28N2O2/c1-16-10-6-7-12(16)11-17(2)14-9-5-3-4-8-13(14)15(18)19/h12-14H,3-11H2,1-2H3,(H,18,19). The first-order valence-electron chi connectivity index (χ1n) is 7.73. The Kier molecular flexibility index (Phi) is 5.22. The first kappa shape index (κ1) is 14.8. The molecule has 19 heavy (non-hydrogen) atoms. The number of hydrogen-bond donors (Lipinski definition) is 1. The second-order valence-corrected chi connectivity index (χ2v) is 6.37. The minimum Gasteiger partial charge on any atom is -0.481 e. The smallest absolute Gasteiger partial charge is 0.308 e. The van der Waals surface area contributed by atoms with Gasteiger partial charge >= 0.3 is 5.97 Å². The lowest BCUT2D eigenvalue weighted by molar-refractivity contribution is -0.144. The predicted molar refractivity (Wildman–Crippen MR) is 76.3 cm³/mol. The van der Waals surface area contributed by atoms with Gasteiger partial charge in [-0.15, -0.1) is 0 Å². The fourth-order valence-electron chi connectivity index (χ4n) is 3.78. The van der Waals surface area contributed by atoms with E-state index in [0.29, 0.717) is 6.04 Å². The van der Waals surface area contributed by atoms with Crippen molar-refractivity contribution in [1.82, 2.24) is 9.80 Å². The Morgan fingerprint density at radius 1 is 1.21 bits per heavy atom. The van der Waals surface area contributed by atoms with Crippen LogP contribution in [0.4, 0.5) is 0 Å². The topological polar surface area (TPSA) is 43.8 Å². The van der Waals surface area contributed by atoms with E-state index in [0.717, 1.165) is 25.8 Å². The van der Waals surface area contributed by atoms with Gasteiger partial charge in [0.1, 0.15) is 0 Å². The zero-order valence-corrected chi connectivity index (χ0v) is 12.3. The number of carboxylic acid groups (broad SMARTS) is 1. The molecule has 4 nitrogen and oxygen atoms in total. The molecule has 0 aromatic carbocycles. The summed E-state index contributed by atoms with van der Waals surface area (Å²) in [6.07, 6.45) is 7.88. The normalized spacial score (nSPS) is 33.5. The van der Waals surface area contributed by atoms with E-state index in [-0.39, 0.29) is 12.0 Å². The summed E-state index contributed by atoms with van der Waals surface area (Å²) in [6.45, 7) is 2.20. The number of likely N-dealkylation sites (tertiary alicyclic amines) is 1. The second kappa shape index (κ2) is 6.71. The zero-order valence-electron chi connectivity index (χ0n) is 12.3. The van der Waals surface area contributed by atoms with Gasteiger partial charge in [0.05, 0.1) is 5.92 Å². The Hall–Kier alpha value is -0.610. The van der Waals surface area contributed by atoms with Crippen molar-refractivity contribution in [1.29, 1.82) is 0 Å². The van der Waals surface area contributed by atoms with Gasteiger partial charge in [-0.25, -0.2) is 0 Å². The molecular formula is C15H28N2O2. The Morgan fingerprint density at radius 3 is 2.58 bits per heavy atom. The third-order valence-electron chi connectivity index (χ3n) is 5.03. The van der Waals surface area contributed by atoms with Crippen LogP contribution >= 0.6 is 0 Å². The van der Waals surface area contributed by atoms with Gasteiger partial charge in [-0.3, -0.25) is 4.79 Å². The van der Waals surface area contributed by atoms with Crippen LogP contribution in [-0.2, 0) is 4.79 Å². The molecule has 4 heteroatoms. The van der Waals surface area contributed by atoms with Gasteiger partial charge in [-0.05, 0) is 46.3 Å². The highest BCUT2D eigenvalue weighted by Gasteiger charge is 2.34. The molecule has 0 aromatic heterocycles. The average molecular weight is 268 g/mol. The highest BCUT2D eigenvalue weighted by molar-refractivity contribution is 5.70. The Labute approximate surface area is 116 Å². The van der Waals surface area contributed by atoms with Crippen LogP contribution in [0.5, 0.6) is 0 Å². The molecule has 1 N–H and O–H groups in total. The SMILES string of the molecule is CN1CCCC1CN(C)C1CCCCCC1C(=O)O. The second-order valence-electron chi connectivity index (χ2n) is 6.37. The van der Waals surface area contributed by atoms with E-state index in [9.17, 15) is 9.90 Å². The molecule has 0 bridgehead atoms. The maximum Gasteiger partial charge on any atom is 0.308 e. The van der Waals surface area contributed by atoms with Crippen molar-refractivity contribution in [3.05, 3.63) is 0 Å². The van der Waals surface area contributed by atoms with E-state index in [1.807, 2.05) is 0 Å². The summed E-state index contributed by atoms with van der Waals surface area (Å²) >= 11 is 0. The summed E-state index contributed by atoms with van der Waals surface area (Å²) in [5.74, 6) is -0.766. The number of carbonyl (C=O) groups is 1. The van der Waals surface area contributed by atoms with Crippen LogP contribution in [-0.4, -0.2) is 60.1 Å². The monoisotopic (exact) mass is 268 g/mol. The van der Waals surface area contributed by atoms with Crippen molar-refractivity contribution in [3.8, 4) is 0 Å². The van der Waals surface area contributed by atoms with E-state index in [1.54, 1.807) is 0 Å². The summed E-state index contributed by atoms with van der Waals surface area (Å²) < 4.78 is 0. The summed E-state index contributed by atoms with van der Waals surface area (Å²) in [5, 5.41) is 9.46. The van der Waals surface area contributed by atoms with Gasteiger partial charge in [0.2, 0.25) is 0 Å². The van der Waals surface area contributed by atoms with Crippen molar-refractivity contribution in [2.24, 2.45) is 5.92 Å². The minimum atomic E-state index is -0.599. The van der Waals surface area contributed by atoms with E-state index >= 15 is 0 Å². The van der Waals surface area contributed by atoms with Crippen LogP contribution in [0.3, 0.4) is 0 Å². The number of aliphatic carboxylic acids is 1. The molecule has 0 radical (unpaired) electrons. The molecule has 2 aliphatic rings. The van der Waals surface area contributed by atoms with Gasteiger partial charge in [0.25, 0.3) is 0 Å². The zero-order chi connectivity index (χ0) is 13.8. The number of hydrogen-bond acceptors (Lipinski definition) is 3. The van der Waals surface area contributed by atoms with Crippen molar-refractivity contribution in [3.63, 3.8) is 0 Å². The number of nitrogens with zero attached hydrogens (tertiary/aromatic N) is 2. The quantitative estimate of drug-likeness (QED) is 0.793. The maximum absolute atomic E-state index is 11.5. The Balaban J connectivity index is 1.97. The summed E-state index contributed by atoms with van der Waals surface area (Å²) in [6, 6.07) is 0.844. The molecule has 0 amide bonds. The Morgan fingerprint density at radius 2 is 1.95 bits per heavy atom. The summed E-state index contributed by atoms with van der Waals surface area (Å²) in [4.78, 5) is 16.2. The number of likely N-dealkylation sites (N-methyl/N-ethyl adjacent to an activating group) is 2. The van der Waals surface area contributed by atoms with Crippen LogP contribution in [0.15, 0.2) is 0 Å². The van der Waals surface area contributed by atoms with Crippen LogP contribution < -0.4 is 0 Å². The first-order valence-corrected chi connectivity index (χ1v) is 7.73. The predicted octanol–water partition coefficient (Wildman–Crippen LogP) is 2.05. The molecule has 3 atom stereocenters. The minimum absolute atomic E-state index is 0.167. The van der Waals surface area contributed by atoms with Crippen LogP contribution in [0.2, 0.25) is 0 Å². The molecular weight excluding hydrogens is 240 g/mol. The summed E-state index contributed by atoms with van der Waals surface area (Å²) in [5.41, 5.74) is 0. The van der Waals surface area contributed by atoms with Crippen molar-refractivity contribution >= 4 is 5.97 Å². The molecule has 2 fully saturated rings. The van der Waals surface area contributed by atoms with Gasteiger partial charge < -0.3 is 14.9 Å². The van der Waals surface area contributed by atoms with E-state index in [2.05, 4.69) is 23.9 Å². The lowest BCUT2D eigenvalue weighted by Gasteiger charge is -2.34. The van der Waals surface area contributed by atoms with Gasteiger partial charge in [0.15, 0.2) is 0 Å². The van der Waals surface area contributed by atoms with Gasteiger partial charge in [0, 0.05) is 18.6 Å². The molecule has 0 aromatic rings. The maximum atomic E-state index is 11.5. The summed E-state index contributed by atoms with van der Waals surface area (Å²) in [7, 11) is 4.31. The number of carboxylic acids is 1. The number of rotatable bonds is 4. The first-order chi connectivity index (χ1) is 9.09. The van der Waals surface area contributed by atoms with Crippen molar-refractivity contribution < 1.29 is 9.90 Å². The molecule has 2 rings (SSSR count).